The van der Waals surface area contributed by atoms with Gasteiger partial charge >= 0.3 is 0 Å². The Morgan fingerprint density at radius 3 is 2.96 bits per heavy atom. The van der Waals surface area contributed by atoms with Gasteiger partial charge in [0.2, 0.25) is 0 Å². The number of aliphatic hydroxyl groups is 1. The molecule has 0 unspecified atom stereocenters. The van der Waals surface area contributed by atoms with Crippen LogP contribution in [0.25, 0.3) is 11.5 Å². The smallest absolute Gasteiger partial charge is 0.274 e. The van der Waals surface area contributed by atoms with Gasteiger partial charge < -0.3 is 14.4 Å². The van der Waals surface area contributed by atoms with Crippen molar-refractivity contribution in [1.82, 2.24) is 20.1 Å². The number of aromatic nitrogens is 3. The van der Waals surface area contributed by atoms with Gasteiger partial charge in [0.25, 0.3) is 5.91 Å². The van der Waals surface area contributed by atoms with Crippen molar-refractivity contribution in [3.8, 4) is 11.5 Å². The third-order valence-corrected chi connectivity index (χ3v) is 3.34. The van der Waals surface area contributed by atoms with Crippen LogP contribution in [-0.2, 0) is 6.54 Å². The summed E-state index contributed by atoms with van der Waals surface area (Å²) in [6.45, 7) is 0.453. The maximum atomic E-state index is 12.6. The lowest BCUT2D eigenvalue weighted by Gasteiger charge is -2.20. The van der Waals surface area contributed by atoms with Gasteiger partial charge in [-0.3, -0.25) is 14.9 Å². The van der Waals surface area contributed by atoms with E-state index in [9.17, 15) is 9.90 Å². The highest BCUT2D eigenvalue weighted by Gasteiger charge is 2.19. The number of amides is 1. The van der Waals surface area contributed by atoms with Gasteiger partial charge in [0.15, 0.2) is 11.5 Å². The molecule has 0 atom stereocenters. The van der Waals surface area contributed by atoms with Crippen LogP contribution in [0, 0.1) is 0 Å². The van der Waals surface area contributed by atoms with Gasteiger partial charge in [-0.05, 0) is 23.8 Å². The number of rotatable bonds is 6. The molecular formula is C16H16N4O3. The van der Waals surface area contributed by atoms with E-state index in [2.05, 4.69) is 15.2 Å². The summed E-state index contributed by atoms with van der Waals surface area (Å²) >= 11 is 0. The predicted octanol–water partition coefficient (Wildman–Crippen LogP) is 1.70. The number of H-pyrrole nitrogens is 1. The number of hydrogen-bond donors (Lipinski definition) is 2. The van der Waals surface area contributed by atoms with Crippen molar-refractivity contribution < 1.29 is 14.3 Å². The third kappa shape index (κ3) is 3.46. The molecule has 3 rings (SSSR count). The lowest BCUT2D eigenvalue weighted by atomic mass is 10.2. The number of furan rings is 1. The number of aromatic amines is 1. The van der Waals surface area contributed by atoms with Crippen LogP contribution in [0.4, 0.5) is 0 Å². The van der Waals surface area contributed by atoms with Crippen LogP contribution in [-0.4, -0.2) is 44.2 Å². The Balaban J connectivity index is 1.78. The van der Waals surface area contributed by atoms with Gasteiger partial charge in [-0.25, -0.2) is 0 Å². The van der Waals surface area contributed by atoms with E-state index in [1.807, 2.05) is 6.07 Å². The third-order valence-electron chi connectivity index (χ3n) is 3.34. The van der Waals surface area contributed by atoms with E-state index in [-0.39, 0.29) is 24.8 Å². The molecule has 0 aliphatic rings. The molecule has 0 aromatic carbocycles. The van der Waals surface area contributed by atoms with Gasteiger partial charge in [-0.1, -0.05) is 6.07 Å². The number of aliphatic hydroxyl groups excluding tert-OH is 1. The molecule has 0 spiro atoms. The first kappa shape index (κ1) is 15.0. The van der Waals surface area contributed by atoms with Crippen molar-refractivity contribution >= 4 is 5.91 Å². The topological polar surface area (TPSA) is 95.2 Å². The first-order chi connectivity index (χ1) is 11.3. The number of hydrogen-bond acceptors (Lipinski definition) is 5. The monoisotopic (exact) mass is 312 g/mol. The van der Waals surface area contributed by atoms with Crippen LogP contribution in [0.2, 0.25) is 0 Å². The molecule has 118 valence electrons. The summed E-state index contributed by atoms with van der Waals surface area (Å²) in [5, 5.41) is 16.0. The highest BCUT2D eigenvalue weighted by atomic mass is 16.3. The lowest BCUT2D eigenvalue weighted by Crippen LogP contribution is -2.33. The molecule has 0 saturated heterocycles. The summed E-state index contributed by atoms with van der Waals surface area (Å²) in [5.74, 6) is 0.342. The molecule has 0 fully saturated rings. The summed E-state index contributed by atoms with van der Waals surface area (Å²) in [7, 11) is 0. The highest BCUT2D eigenvalue weighted by Crippen LogP contribution is 2.19. The molecule has 0 bridgehead atoms. The van der Waals surface area contributed by atoms with E-state index in [1.54, 1.807) is 42.9 Å². The summed E-state index contributed by atoms with van der Waals surface area (Å²) in [6.07, 6.45) is 4.92. The number of carbonyl (C=O) groups excluding carboxylic acids is 1. The molecule has 3 heterocycles. The van der Waals surface area contributed by atoms with E-state index in [0.29, 0.717) is 18.0 Å². The predicted molar refractivity (Wildman–Crippen MR) is 82.4 cm³/mol. The van der Waals surface area contributed by atoms with Gasteiger partial charge in [0, 0.05) is 31.5 Å². The molecule has 3 aromatic heterocycles. The summed E-state index contributed by atoms with van der Waals surface area (Å²) < 4.78 is 5.27. The maximum Gasteiger partial charge on any atom is 0.274 e. The van der Waals surface area contributed by atoms with Crippen LogP contribution >= 0.6 is 0 Å². The van der Waals surface area contributed by atoms with Crippen LogP contribution in [0.3, 0.4) is 0 Å². The first-order valence-corrected chi connectivity index (χ1v) is 7.16. The Labute approximate surface area is 132 Å². The Bertz CT molecular complexity index is 753. The zero-order valence-electron chi connectivity index (χ0n) is 12.3. The standard InChI is InChI=1S/C16H16N4O3/c21-7-6-20(11-12-3-1-5-17-10-12)16(22)14-9-13(18-19-14)15-4-2-8-23-15/h1-5,8-10,21H,6-7,11H2,(H,18,19). The van der Waals surface area contributed by atoms with Crippen LogP contribution in [0.5, 0.6) is 0 Å². The van der Waals surface area contributed by atoms with Gasteiger partial charge in [0.1, 0.15) is 5.69 Å². The fourth-order valence-corrected chi connectivity index (χ4v) is 2.24. The van der Waals surface area contributed by atoms with Crippen molar-refractivity contribution in [1.29, 1.82) is 0 Å². The quantitative estimate of drug-likeness (QED) is 0.722. The molecule has 7 heteroatoms. The Kier molecular flexibility index (Phi) is 4.49. The zero-order valence-corrected chi connectivity index (χ0v) is 12.3. The second-order valence-electron chi connectivity index (χ2n) is 4.96. The van der Waals surface area contributed by atoms with Crippen molar-refractivity contribution in [2.75, 3.05) is 13.2 Å². The van der Waals surface area contributed by atoms with Gasteiger partial charge in [-0.2, -0.15) is 5.10 Å². The first-order valence-electron chi connectivity index (χ1n) is 7.16. The molecule has 0 saturated carbocycles. The average Bonchev–Trinajstić information content (AvgIpc) is 3.26. The molecule has 23 heavy (non-hydrogen) atoms. The van der Waals surface area contributed by atoms with Crippen molar-refractivity contribution in [2.45, 2.75) is 6.54 Å². The van der Waals surface area contributed by atoms with E-state index in [1.165, 1.54) is 4.90 Å². The maximum absolute atomic E-state index is 12.6. The Morgan fingerprint density at radius 1 is 1.35 bits per heavy atom. The summed E-state index contributed by atoms with van der Waals surface area (Å²) in [6, 6.07) is 8.86. The molecule has 0 aliphatic heterocycles. The largest absolute Gasteiger partial charge is 0.463 e. The molecule has 0 radical (unpaired) electrons. The number of nitrogens with zero attached hydrogens (tertiary/aromatic N) is 3. The minimum Gasteiger partial charge on any atom is -0.463 e. The zero-order chi connectivity index (χ0) is 16.1. The minimum absolute atomic E-state index is 0.124. The number of pyridine rings is 1. The van der Waals surface area contributed by atoms with Crippen molar-refractivity contribution in [2.24, 2.45) is 0 Å². The average molecular weight is 312 g/mol. The molecule has 3 aromatic rings. The lowest BCUT2D eigenvalue weighted by molar-refractivity contribution is 0.0701. The Hall–Kier alpha value is -2.93. The Morgan fingerprint density at radius 2 is 2.26 bits per heavy atom. The van der Waals surface area contributed by atoms with Gasteiger partial charge in [0.05, 0.1) is 12.9 Å². The molecule has 7 nitrogen and oxygen atoms in total. The molecule has 0 aliphatic carbocycles. The van der Waals surface area contributed by atoms with E-state index >= 15 is 0 Å². The number of carbonyl (C=O) groups is 1. The fourth-order valence-electron chi connectivity index (χ4n) is 2.24. The normalized spacial score (nSPS) is 10.7. The van der Waals surface area contributed by atoms with Crippen LogP contribution < -0.4 is 0 Å². The second kappa shape index (κ2) is 6.89. The van der Waals surface area contributed by atoms with E-state index in [0.717, 1.165) is 5.56 Å². The summed E-state index contributed by atoms with van der Waals surface area (Å²) in [5.41, 5.74) is 1.79. The van der Waals surface area contributed by atoms with Gasteiger partial charge in [-0.15, -0.1) is 0 Å². The van der Waals surface area contributed by atoms with Crippen molar-refractivity contribution in [3.05, 3.63) is 60.2 Å². The second-order valence-corrected chi connectivity index (χ2v) is 4.96. The molecular weight excluding hydrogens is 296 g/mol. The van der Waals surface area contributed by atoms with E-state index in [4.69, 9.17) is 4.42 Å². The SMILES string of the molecule is O=C(c1cc(-c2ccco2)[nH]n1)N(CCO)Cc1cccnc1. The molecule has 2 N–H and O–H groups in total. The van der Waals surface area contributed by atoms with Crippen molar-refractivity contribution in [3.63, 3.8) is 0 Å². The van der Waals surface area contributed by atoms with Crippen LogP contribution in [0.15, 0.2) is 53.4 Å². The highest BCUT2D eigenvalue weighted by molar-refractivity contribution is 5.93. The minimum atomic E-state index is -0.267. The number of nitrogens with one attached hydrogen (secondary N) is 1. The molecule has 1 amide bonds. The van der Waals surface area contributed by atoms with Crippen LogP contribution in [0.1, 0.15) is 16.1 Å². The van der Waals surface area contributed by atoms with E-state index < -0.39 is 0 Å². The fraction of sp³-hybridized carbons (Fsp3) is 0.188. The summed E-state index contributed by atoms with van der Waals surface area (Å²) in [4.78, 5) is 18.2.